The molecule has 5 nitrogen and oxygen atoms in total. The Morgan fingerprint density at radius 2 is 1.81 bits per heavy atom. The molecule has 27 heavy (non-hydrogen) atoms. The molecule has 0 bridgehead atoms. The van der Waals surface area contributed by atoms with Crippen molar-refractivity contribution < 1.29 is 18.3 Å². The van der Waals surface area contributed by atoms with Gasteiger partial charge in [0.25, 0.3) is 0 Å². The topological polar surface area (TPSA) is 75.6 Å². The molecule has 1 unspecified atom stereocenters. The molecule has 2 N–H and O–H groups in total. The fraction of sp³-hybridized carbons (Fsp3) is 0.300. The third-order valence-corrected chi connectivity index (χ3v) is 6.48. The van der Waals surface area contributed by atoms with Gasteiger partial charge in [-0.3, -0.25) is 0 Å². The molecule has 0 amide bonds. The average molecular weight is 406 g/mol. The van der Waals surface area contributed by atoms with Crippen molar-refractivity contribution in [1.29, 1.82) is 0 Å². The number of benzene rings is 2. The van der Waals surface area contributed by atoms with E-state index in [2.05, 4.69) is 4.72 Å². The quantitative estimate of drug-likeness (QED) is 0.595. The zero-order valence-electron chi connectivity index (χ0n) is 15.3. The van der Waals surface area contributed by atoms with Crippen molar-refractivity contribution in [1.82, 2.24) is 4.72 Å². The van der Waals surface area contributed by atoms with Crippen LogP contribution >= 0.6 is 11.3 Å². The fourth-order valence-electron chi connectivity index (χ4n) is 2.62. The third kappa shape index (κ3) is 4.87. The van der Waals surface area contributed by atoms with Gasteiger partial charge in [-0.25, -0.2) is 13.1 Å². The van der Waals surface area contributed by atoms with Crippen LogP contribution in [0.1, 0.15) is 25.5 Å². The maximum Gasteiger partial charge on any atom is 0.240 e. The predicted octanol–water partition coefficient (Wildman–Crippen LogP) is 3.95. The summed E-state index contributed by atoms with van der Waals surface area (Å²) >= 11 is 1.53. The first kappa shape index (κ1) is 19.8. The summed E-state index contributed by atoms with van der Waals surface area (Å²) in [7, 11) is -3.71. The number of sulfonamides is 1. The smallest absolute Gasteiger partial charge is 0.240 e. The first-order valence-electron chi connectivity index (χ1n) is 8.73. The van der Waals surface area contributed by atoms with E-state index in [0.717, 1.165) is 15.6 Å². The summed E-state index contributed by atoms with van der Waals surface area (Å²) in [6.07, 6.45) is -0.912. The number of hydrogen-bond donors (Lipinski definition) is 2. The van der Waals surface area contributed by atoms with Gasteiger partial charge >= 0.3 is 0 Å². The van der Waals surface area contributed by atoms with Gasteiger partial charge in [0.1, 0.15) is 5.75 Å². The van der Waals surface area contributed by atoms with Crippen molar-refractivity contribution in [2.45, 2.75) is 24.8 Å². The fourth-order valence-corrected chi connectivity index (χ4v) is 4.66. The standard InChI is InChI=1S/C20H23NO4S2/c1-14(2)12-25-15-7-9-16(10-8-15)27(23,24)21-11-19(22)18-13-26-20-6-4-3-5-17(18)20/h3-10,13-14,19,21-22H,11-12H2,1-2H3. The van der Waals surface area contributed by atoms with Crippen molar-refractivity contribution in [3.8, 4) is 5.75 Å². The minimum absolute atomic E-state index is 0.0886. The summed E-state index contributed by atoms with van der Waals surface area (Å²) in [4.78, 5) is 0.141. The molecule has 2 aromatic carbocycles. The number of rotatable bonds is 8. The van der Waals surface area contributed by atoms with E-state index in [0.29, 0.717) is 18.3 Å². The van der Waals surface area contributed by atoms with Crippen LogP contribution in [-0.4, -0.2) is 26.7 Å². The van der Waals surface area contributed by atoms with E-state index in [9.17, 15) is 13.5 Å². The van der Waals surface area contributed by atoms with E-state index < -0.39 is 16.1 Å². The van der Waals surface area contributed by atoms with E-state index >= 15 is 0 Å². The number of aliphatic hydroxyl groups excluding tert-OH is 1. The van der Waals surface area contributed by atoms with Crippen molar-refractivity contribution in [2.75, 3.05) is 13.2 Å². The summed E-state index contributed by atoms with van der Waals surface area (Å²) < 4.78 is 34.1. The van der Waals surface area contributed by atoms with Gasteiger partial charge in [0.2, 0.25) is 10.0 Å². The molecule has 0 saturated carbocycles. The van der Waals surface area contributed by atoms with Gasteiger partial charge in [-0.15, -0.1) is 11.3 Å². The van der Waals surface area contributed by atoms with Crippen LogP contribution in [-0.2, 0) is 10.0 Å². The minimum Gasteiger partial charge on any atom is -0.493 e. The van der Waals surface area contributed by atoms with Crippen LogP contribution in [0, 0.1) is 5.92 Å². The van der Waals surface area contributed by atoms with Crippen LogP contribution in [0.3, 0.4) is 0 Å². The van der Waals surface area contributed by atoms with Gasteiger partial charge in [-0.05, 0) is 47.0 Å². The highest BCUT2D eigenvalue weighted by Gasteiger charge is 2.19. The van der Waals surface area contributed by atoms with Gasteiger partial charge < -0.3 is 9.84 Å². The van der Waals surface area contributed by atoms with Gasteiger partial charge in [0, 0.05) is 16.8 Å². The molecule has 1 aromatic heterocycles. The first-order valence-corrected chi connectivity index (χ1v) is 11.1. The van der Waals surface area contributed by atoms with Crippen LogP contribution in [0.4, 0.5) is 0 Å². The van der Waals surface area contributed by atoms with E-state index in [1.54, 1.807) is 12.1 Å². The molecule has 1 heterocycles. The molecule has 0 saturated heterocycles. The van der Waals surface area contributed by atoms with Crippen LogP contribution in [0.2, 0.25) is 0 Å². The molecular weight excluding hydrogens is 382 g/mol. The molecule has 0 radical (unpaired) electrons. The van der Waals surface area contributed by atoms with Crippen LogP contribution < -0.4 is 9.46 Å². The maximum absolute atomic E-state index is 12.5. The second-order valence-corrected chi connectivity index (χ2v) is 9.41. The van der Waals surface area contributed by atoms with Crippen molar-refractivity contribution >= 4 is 31.4 Å². The molecule has 1 atom stereocenters. The van der Waals surface area contributed by atoms with Crippen molar-refractivity contribution in [3.05, 3.63) is 59.5 Å². The molecular formula is C20H23NO4S2. The number of thiophene rings is 1. The lowest BCUT2D eigenvalue weighted by atomic mass is 10.1. The van der Waals surface area contributed by atoms with E-state index in [4.69, 9.17) is 4.74 Å². The van der Waals surface area contributed by atoms with Gasteiger partial charge in [-0.2, -0.15) is 0 Å². The number of nitrogens with one attached hydrogen (secondary N) is 1. The zero-order valence-corrected chi connectivity index (χ0v) is 16.9. The van der Waals surface area contributed by atoms with Gasteiger partial charge in [-0.1, -0.05) is 32.0 Å². The number of aliphatic hydroxyl groups is 1. The number of ether oxygens (including phenoxy) is 1. The lowest BCUT2D eigenvalue weighted by molar-refractivity contribution is 0.184. The average Bonchev–Trinajstić information content (AvgIpc) is 3.09. The summed E-state index contributed by atoms with van der Waals surface area (Å²) in [5, 5.41) is 13.3. The molecule has 3 aromatic rings. The van der Waals surface area contributed by atoms with Crippen LogP contribution in [0.25, 0.3) is 10.1 Å². The molecule has 0 aliphatic carbocycles. The minimum atomic E-state index is -3.71. The SMILES string of the molecule is CC(C)COc1ccc(S(=O)(=O)NCC(O)c2csc3ccccc23)cc1. The Hall–Kier alpha value is -1.93. The Morgan fingerprint density at radius 3 is 2.52 bits per heavy atom. The van der Waals surface area contributed by atoms with Crippen molar-refractivity contribution in [2.24, 2.45) is 5.92 Å². The number of fused-ring (bicyclic) bond motifs is 1. The summed E-state index contributed by atoms with van der Waals surface area (Å²) in [5.74, 6) is 1.03. The summed E-state index contributed by atoms with van der Waals surface area (Å²) in [6.45, 7) is 4.58. The van der Waals surface area contributed by atoms with Gasteiger partial charge in [0.05, 0.1) is 17.6 Å². The van der Waals surface area contributed by atoms with Crippen LogP contribution in [0.15, 0.2) is 58.8 Å². The lowest BCUT2D eigenvalue weighted by Gasteiger charge is -2.13. The molecule has 7 heteroatoms. The maximum atomic E-state index is 12.5. The highest BCUT2D eigenvalue weighted by atomic mass is 32.2. The summed E-state index contributed by atoms with van der Waals surface area (Å²) in [6, 6.07) is 14.0. The van der Waals surface area contributed by atoms with E-state index in [1.807, 2.05) is 43.5 Å². The monoisotopic (exact) mass is 405 g/mol. The Kier molecular flexibility index (Phi) is 6.16. The summed E-state index contributed by atoms with van der Waals surface area (Å²) in [5.41, 5.74) is 0.732. The largest absolute Gasteiger partial charge is 0.493 e. The Balaban J connectivity index is 1.65. The van der Waals surface area contributed by atoms with Crippen LogP contribution in [0.5, 0.6) is 5.75 Å². The van der Waals surface area contributed by atoms with Gasteiger partial charge in [0.15, 0.2) is 0 Å². The Labute approximate surface area is 163 Å². The second-order valence-electron chi connectivity index (χ2n) is 6.73. The first-order chi connectivity index (χ1) is 12.9. The van der Waals surface area contributed by atoms with Crippen molar-refractivity contribution in [3.63, 3.8) is 0 Å². The molecule has 0 aliphatic heterocycles. The molecule has 144 valence electrons. The molecule has 0 aliphatic rings. The second kappa shape index (κ2) is 8.39. The highest BCUT2D eigenvalue weighted by molar-refractivity contribution is 7.89. The Morgan fingerprint density at radius 1 is 1.11 bits per heavy atom. The molecule has 0 fully saturated rings. The molecule has 0 spiro atoms. The molecule has 3 rings (SSSR count). The van der Waals surface area contributed by atoms with E-state index in [1.165, 1.54) is 23.5 Å². The Bertz CT molecular complexity index is 994. The van der Waals surface area contributed by atoms with E-state index in [-0.39, 0.29) is 11.4 Å². The number of hydrogen-bond acceptors (Lipinski definition) is 5. The predicted molar refractivity (Wildman–Crippen MR) is 109 cm³/mol. The third-order valence-electron chi connectivity index (χ3n) is 4.05. The highest BCUT2D eigenvalue weighted by Crippen LogP contribution is 2.30. The normalized spacial score (nSPS) is 13.2. The lowest BCUT2D eigenvalue weighted by Crippen LogP contribution is -2.28. The zero-order chi connectivity index (χ0) is 19.4.